The fourth-order valence-corrected chi connectivity index (χ4v) is 3.53. The summed E-state index contributed by atoms with van der Waals surface area (Å²) < 4.78 is 0. The number of carbonyl (C=O) groups excluding carboxylic acids is 1. The van der Waals surface area contributed by atoms with Crippen LogP contribution in [0.25, 0.3) is 0 Å². The van der Waals surface area contributed by atoms with E-state index < -0.39 is 0 Å². The SMILES string of the molecule is CCCc1ccc(NC(=O)CN2CC3CNCC3C2)cc1. The number of likely N-dealkylation sites (tertiary alicyclic amines) is 1. The van der Waals surface area contributed by atoms with Crippen molar-refractivity contribution in [2.45, 2.75) is 19.8 Å². The van der Waals surface area contributed by atoms with E-state index in [9.17, 15) is 4.79 Å². The molecule has 0 saturated carbocycles. The quantitative estimate of drug-likeness (QED) is 0.867. The molecule has 1 amide bonds. The number of anilines is 1. The summed E-state index contributed by atoms with van der Waals surface area (Å²) in [5.74, 6) is 1.59. The highest BCUT2D eigenvalue weighted by Gasteiger charge is 2.36. The van der Waals surface area contributed by atoms with Gasteiger partial charge in [0.15, 0.2) is 0 Å². The average Bonchev–Trinajstić information content (AvgIpc) is 3.02. The van der Waals surface area contributed by atoms with Gasteiger partial charge in [0.1, 0.15) is 0 Å². The molecule has 1 aromatic carbocycles. The standard InChI is InChI=1S/C17H25N3O/c1-2-3-13-4-6-16(7-5-13)19-17(21)12-20-10-14-8-18-9-15(14)11-20/h4-7,14-15,18H,2-3,8-12H2,1H3,(H,19,21). The minimum atomic E-state index is 0.103. The van der Waals surface area contributed by atoms with Gasteiger partial charge in [0.05, 0.1) is 6.54 Å². The van der Waals surface area contributed by atoms with Crippen LogP contribution < -0.4 is 10.6 Å². The summed E-state index contributed by atoms with van der Waals surface area (Å²) in [6.45, 7) is 7.03. The normalized spacial score (nSPS) is 25.0. The lowest BCUT2D eigenvalue weighted by molar-refractivity contribution is -0.117. The smallest absolute Gasteiger partial charge is 0.238 e. The van der Waals surface area contributed by atoms with E-state index >= 15 is 0 Å². The zero-order valence-corrected chi connectivity index (χ0v) is 12.8. The van der Waals surface area contributed by atoms with Crippen LogP contribution >= 0.6 is 0 Å². The molecule has 2 fully saturated rings. The van der Waals surface area contributed by atoms with Crippen LogP contribution in [0.3, 0.4) is 0 Å². The first-order valence-electron chi connectivity index (χ1n) is 8.06. The van der Waals surface area contributed by atoms with Crippen molar-refractivity contribution < 1.29 is 4.79 Å². The molecule has 4 heteroatoms. The van der Waals surface area contributed by atoms with Gasteiger partial charge in [-0.3, -0.25) is 9.69 Å². The molecule has 0 aliphatic carbocycles. The number of nitrogens with one attached hydrogen (secondary N) is 2. The van der Waals surface area contributed by atoms with Gasteiger partial charge >= 0.3 is 0 Å². The number of rotatable bonds is 5. The van der Waals surface area contributed by atoms with Gasteiger partial charge in [-0.15, -0.1) is 0 Å². The summed E-state index contributed by atoms with van der Waals surface area (Å²) in [5, 5.41) is 6.43. The Hall–Kier alpha value is -1.39. The molecule has 0 spiro atoms. The van der Waals surface area contributed by atoms with E-state index in [1.807, 2.05) is 12.1 Å². The Morgan fingerprint density at radius 1 is 1.24 bits per heavy atom. The van der Waals surface area contributed by atoms with Crippen molar-refractivity contribution in [1.29, 1.82) is 0 Å². The molecule has 4 nitrogen and oxygen atoms in total. The fraction of sp³-hybridized carbons (Fsp3) is 0.588. The summed E-state index contributed by atoms with van der Waals surface area (Å²) in [5.41, 5.74) is 2.23. The van der Waals surface area contributed by atoms with Crippen molar-refractivity contribution in [3.63, 3.8) is 0 Å². The lowest BCUT2D eigenvalue weighted by atomic mass is 10.0. The molecule has 2 aliphatic rings. The number of hydrogen-bond acceptors (Lipinski definition) is 3. The summed E-state index contributed by atoms with van der Waals surface area (Å²) in [6.07, 6.45) is 2.25. The zero-order valence-electron chi connectivity index (χ0n) is 12.8. The first-order chi connectivity index (χ1) is 10.2. The highest BCUT2D eigenvalue weighted by molar-refractivity contribution is 5.92. The van der Waals surface area contributed by atoms with Gasteiger partial charge in [0.2, 0.25) is 5.91 Å². The highest BCUT2D eigenvalue weighted by Crippen LogP contribution is 2.25. The lowest BCUT2D eigenvalue weighted by Gasteiger charge is -2.16. The van der Waals surface area contributed by atoms with E-state index in [-0.39, 0.29) is 5.91 Å². The Bertz CT molecular complexity index is 473. The number of hydrogen-bond donors (Lipinski definition) is 2. The van der Waals surface area contributed by atoms with E-state index in [1.165, 1.54) is 5.56 Å². The third-order valence-electron chi connectivity index (χ3n) is 4.61. The first-order valence-corrected chi connectivity index (χ1v) is 8.06. The predicted octanol–water partition coefficient (Wildman–Crippen LogP) is 1.73. The summed E-state index contributed by atoms with van der Waals surface area (Å²) in [4.78, 5) is 14.4. The molecule has 2 unspecified atom stereocenters. The molecule has 0 bridgehead atoms. The van der Waals surface area contributed by atoms with Crippen molar-refractivity contribution in [3.8, 4) is 0 Å². The van der Waals surface area contributed by atoms with Crippen molar-refractivity contribution in [1.82, 2.24) is 10.2 Å². The van der Waals surface area contributed by atoms with Crippen LogP contribution in [0.1, 0.15) is 18.9 Å². The van der Waals surface area contributed by atoms with Gasteiger partial charge in [-0.1, -0.05) is 25.5 Å². The largest absolute Gasteiger partial charge is 0.325 e. The molecule has 3 rings (SSSR count). The molecule has 114 valence electrons. The Labute approximate surface area is 126 Å². The molecule has 1 aromatic rings. The molecular weight excluding hydrogens is 262 g/mol. The highest BCUT2D eigenvalue weighted by atomic mass is 16.2. The topological polar surface area (TPSA) is 44.4 Å². The van der Waals surface area contributed by atoms with E-state index in [1.54, 1.807) is 0 Å². The Kier molecular flexibility index (Phi) is 4.56. The van der Waals surface area contributed by atoms with Crippen LogP contribution in [0, 0.1) is 11.8 Å². The molecule has 0 radical (unpaired) electrons. The maximum Gasteiger partial charge on any atom is 0.238 e. The van der Waals surface area contributed by atoms with E-state index in [4.69, 9.17) is 0 Å². The van der Waals surface area contributed by atoms with Crippen molar-refractivity contribution in [2.24, 2.45) is 11.8 Å². The van der Waals surface area contributed by atoms with Crippen molar-refractivity contribution in [3.05, 3.63) is 29.8 Å². The number of carbonyl (C=O) groups is 1. The Balaban J connectivity index is 1.47. The van der Waals surface area contributed by atoms with Crippen LogP contribution in [-0.4, -0.2) is 43.5 Å². The molecule has 2 atom stereocenters. The maximum absolute atomic E-state index is 12.1. The van der Waals surface area contributed by atoms with Gasteiger partial charge in [-0.2, -0.15) is 0 Å². The van der Waals surface area contributed by atoms with Crippen LogP contribution in [0.5, 0.6) is 0 Å². The van der Waals surface area contributed by atoms with Crippen molar-refractivity contribution >= 4 is 11.6 Å². The molecule has 2 N–H and O–H groups in total. The second-order valence-corrected chi connectivity index (χ2v) is 6.37. The number of benzene rings is 1. The Morgan fingerprint density at radius 2 is 1.90 bits per heavy atom. The van der Waals surface area contributed by atoms with Crippen LogP contribution in [0.4, 0.5) is 5.69 Å². The second-order valence-electron chi connectivity index (χ2n) is 6.37. The number of aryl methyl sites for hydroxylation is 1. The summed E-state index contributed by atoms with van der Waals surface area (Å²) in [6, 6.07) is 8.22. The predicted molar refractivity (Wildman–Crippen MR) is 85.4 cm³/mol. The fourth-order valence-electron chi connectivity index (χ4n) is 3.53. The number of amides is 1. The summed E-state index contributed by atoms with van der Waals surface area (Å²) >= 11 is 0. The number of fused-ring (bicyclic) bond motifs is 1. The monoisotopic (exact) mass is 287 g/mol. The molecular formula is C17H25N3O. The molecule has 21 heavy (non-hydrogen) atoms. The van der Waals surface area contributed by atoms with Gasteiger partial charge in [0.25, 0.3) is 0 Å². The minimum Gasteiger partial charge on any atom is -0.325 e. The molecule has 2 aliphatic heterocycles. The Morgan fingerprint density at radius 3 is 2.52 bits per heavy atom. The number of nitrogens with zero attached hydrogens (tertiary/aromatic N) is 1. The van der Waals surface area contributed by atoms with E-state index in [0.29, 0.717) is 6.54 Å². The third kappa shape index (κ3) is 3.63. The van der Waals surface area contributed by atoms with Crippen LogP contribution in [0.15, 0.2) is 24.3 Å². The van der Waals surface area contributed by atoms with Crippen LogP contribution in [-0.2, 0) is 11.2 Å². The van der Waals surface area contributed by atoms with Gasteiger partial charge in [0, 0.05) is 18.8 Å². The summed E-state index contributed by atoms with van der Waals surface area (Å²) in [7, 11) is 0. The molecule has 2 saturated heterocycles. The zero-order chi connectivity index (χ0) is 14.7. The van der Waals surface area contributed by atoms with Gasteiger partial charge < -0.3 is 10.6 Å². The third-order valence-corrected chi connectivity index (χ3v) is 4.61. The maximum atomic E-state index is 12.1. The molecule has 2 heterocycles. The van der Waals surface area contributed by atoms with Crippen LogP contribution in [0.2, 0.25) is 0 Å². The minimum absolute atomic E-state index is 0.103. The van der Waals surface area contributed by atoms with Gasteiger partial charge in [-0.05, 0) is 49.0 Å². The van der Waals surface area contributed by atoms with Gasteiger partial charge in [-0.25, -0.2) is 0 Å². The van der Waals surface area contributed by atoms with E-state index in [0.717, 1.165) is 56.5 Å². The molecule has 0 aromatic heterocycles. The van der Waals surface area contributed by atoms with E-state index in [2.05, 4.69) is 34.6 Å². The second kappa shape index (κ2) is 6.58. The van der Waals surface area contributed by atoms with Crippen molar-refractivity contribution in [2.75, 3.05) is 38.0 Å². The first kappa shape index (κ1) is 14.5. The average molecular weight is 287 g/mol. The lowest BCUT2D eigenvalue weighted by Crippen LogP contribution is -2.33.